The lowest BCUT2D eigenvalue weighted by atomic mass is 10.0. The van der Waals surface area contributed by atoms with Gasteiger partial charge >= 0.3 is 0 Å². The van der Waals surface area contributed by atoms with Crippen LogP contribution in [0.1, 0.15) is 55.5 Å². The molecule has 1 aromatic carbocycles. The second-order valence-corrected chi connectivity index (χ2v) is 7.45. The van der Waals surface area contributed by atoms with Gasteiger partial charge in [0, 0.05) is 44.8 Å². The van der Waals surface area contributed by atoms with Crippen LogP contribution in [0, 0.1) is 0 Å². The summed E-state index contributed by atoms with van der Waals surface area (Å²) >= 11 is 0. The van der Waals surface area contributed by atoms with Crippen molar-refractivity contribution < 1.29 is 4.79 Å². The highest BCUT2D eigenvalue weighted by molar-refractivity contribution is 5.94. The summed E-state index contributed by atoms with van der Waals surface area (Å²) < 4.78 is 0. The fraction of sp³-hybridized carbons (Fsp3) is 0.636. The molecule has 1 unspecified atom stereocenters. The second-order valence-electron chi connectivity index (χ2n) is 7.45. The van der Waals surface area contributed by atoms with E-state index in [0.717, 1.165) is 56.6 Å². The molecule has 0 spiro atoms. The Labute approximate surface area is 170 Å². The van der Waals surface area contributed by atoms with Gasteiger partial charge in [0.2, 0.25) is 0 Å². The van der Waals surface area contributed by atoms with Crippen LogP contribution in [0.4, 0.5) is 0 Å². The summed E-state index contributed by atoms with van der Waals surface area (Å²) in [7, 11) is 1.65. The summed E-state index contributed by atoms with van der Waals surface area (Å²) in [4.78, 5) is 19.1. The summed E-state index contributed by atoms with van der Waals surface area (Å²) in [5, 5.41) is 9.39. The molecule has 0 saturated carbocycles. The van der Waals surface area contributed by atoms with E-state index >= 15 is 0 Å². The number of likely N-dealkylation sites (tertiary alicyclic amines) is 1. The van der Waals surface area contributed by atoms with Gasteiger partial charge in [-0.2, -0.15) is 0 Å². The molecule has 0 aliphatic carbocycles. The minimum absolute atomic E-state index is 0.0484. The predicted molar refractivity (Wildman–Crippen MR) is 117 cm³/mol. The molecule has 156 valence electrons. The number of nitrogens with one attached hydrogen (secondary N) is 3. The van der Waals surface area contributed by atoms with Crippen LogP contribution < -0.4 is 16.0 Å². The molecule has 6 heteroatoms. The molecule has 1 aliphatic heterocycles. The first-order valence-electron chi connectivity index (χ1n) is 10.7. The van der Waals surface area contributed by atoms with Gasteiger partial charge in [0.25, 0.3) is 5.91 Å². The molecule has 1 aliphatic rings. The summed E-state index contributed by atoms with van der Waals surface area (Å²) in [5.41, 5.74) is 1.84. The van der Waals surface area contributed by atoms with E-state index in [4.69, 9.17) is 4.99 Å². The molecule has 28 heavy (non-hydrogen) atoms. The van der Waals surface area contributed by atoms with Crippen LogP contribution in [-0.2, 0) is 6.42 Å². The second kappa shape index (κ2) is 12.4. The van der Waals surface area contributed by atoms with Gasteiger partial charge in [-0.3, -0.25) is 9.79 Å². The van der Waals surface area contributed by atoms with Gasteiger partial charge in [-0.1, -0.05) is 18.6 Å². The maximum atomic E-state index is 11.8. The van der Waals surface area contributed by atoms with Gasteiger partial charge in [-0.05, 0) is 63.8 Å². The van der Waals surface area contributed by atoms with Crippen LogP contribution in [-0.4, -0.2) is 62.6 Å². The van der Waals surface area contributed by atoms with E-state index in [-0.39, 0.29) is 5.91 Å². The van der Waals surface area contributed by atoms with E-state index in [1.54, 1.807) is 7.05 Å². The molecule has 6 nitrogen and oxygen atoms in total. The van der Waals surface area contributed by atoms with Crippen molar-refractivity contribution in [2.24, 2.45) is 4.99 Å². The first kappa shape index (κ1) is 22.2. The number of hydrogen-bond acceptors (Lipinski definition) is 3. The van der Waals surface area contributed by atoms with Crippen LogP contribution in [0.5, 0.6) is 0 Å². The van der Waals surface area contributed by atoms with Gasteiger partial charge < -0.3 is 20.9 Å². The zero-order chi connectivity index (χ0) is 20.2. The Morgan fingerprint density at radius 3 is 2.89 bits per heavy atom. The monoisotopic (exact) mass is 387 g/mol. The predicted octanol–water partition coefficient (Wildman–Crippen LogP) is 2.41. The Morgan fingerprint density at radius 2 is 2.14 bits per heavy atom. The smallest absolute Gasteiger partial charge is 0.251 e. The molecule has 1 atom stereocenters. The number of hydrogen-bond donors (Lipinski definition) is 3. The highest BCUT2D eigenvalue weighted by Crippen LogP contribution is 2.16. The number of piperidine rings is 1. The van der Waals surface area contributed by atoms with Crippen molar-refractivity contribution in [1.82, 2.24) is 20.9 Å². The zero-order valence-electron chi connectivity index (χ0n) is 17.8. The van der Waals surface area contributed by atoms with E-state index in [2.05, 4.69) is 40.8 Å². The first-order chi connectivity index (χ1) is 13.6. The third kappa shape index (κ3) is 7.50. The Morgan fingerprint density at radius 1 is 1.29 bits per heavy atom. The molecule has 1 aromatic rings. The van der Waals surface area contributed by atoms with E-state index in [9.17, 15) is 4.79 Å². The SMILES string of the molecule is CCNC(=NCCCN1CCCCC1C)NCCc1cccc(C(=O)NC)c1. The third-order valence-electron chi connectivity index (χ3n) is 5.28. The van der Waals surface area contributed by atoms with Crippen LogP contribution in [0.25, 0.3) is 0 Å². The standard InChI is InChI=1S/C22H37N5O/c1-4-24-22(25-13-8-16-27-15-6-5-9-18(27)2)26-14-12-19-10-7-11-20(17-19)21(28)23-3/h7,10-11,17-18H,4-6,8-9,12-16H2,1-3H3,(H,23,28)(H2,24,25,26). The maximum Gasteiger partial charge on any atom is 0.251 e. The van der Waals surface area contributed by atoms with Gasteiger partial charge in [0.05, 0.1) is 0 Å². The molecular weight excluding hydrogens is 350 g/mol. The summed E-state index contributed by atoms with van der Waals surface area (Å²) in [6, 6.07) is 8.49. The highest BCUT2D eigenvalue weighted by atomic mass is 16.1. The van der Waals surface area contributed by atoms with E-state index in [1.165, 1.54) is 25.8 Å². The number of aliphatic imine (C=N–C) groups is 1. The Kier molecular flexibility index (Phi) is 9.83. The summed E-state index contributed by atoms with van der Waals surface area (Å²) in [6.45, 7) is 9.26. The highest BCUT2D eigenvalue weighted by Gasteiger charge is 2.16. The molecule has 1 amide bonds. The maximum absolute atomic E-state index is 11.8. The average molecular weight is 388 g/mol. The lowest BCUT2D eigenvalue weighted by molar-refractivity contribution is 0.0963. The molecule has 1 heterocycles. The van der Waals surface area contributed by atoms with Gasteiger partial charge in [0.15, 0.2) is 5.96 Å². The first-order valence-corrected chi connectivity index (χ1v) is 10.7. The molecule has 3 N–H and O–H groups in total. The zero-order valence-corrected chi connectivity index (χ0v) is 17.8. The number of guanidine groups is 1. The largest absolute Gasteiger partial charge is 0.357 e. The number of carbonyl (C=O) groups is 1. The molecule has 0 aromatic heterocycles. The molecular formula is C22H37N5O. The molecule has 0 radical (unpaired) electrons. The lowest BCUT2D eigenvalue weighted by Crippen LogP contribution is -2.39. The number of rotatable bonds is 9. The van der Waals surface area contributed by atoms with Crippen molar-refractivity contribution >= 4 is 11.9 Å². The summed E-state index contributed by atoms with van der Waals surface area (Å²) in [5.74, 6) is 0.824. The van der Waals surface area contributed by atoms with Crippen LogP contribution in [0.2, 0.25) is 0 Å². The summed E-state index contributed by atoms with van der Waals surface area (Å²) in [6.07, 6.45) is 5.97. The van der Waals surface area contributed by atoms with Crippen molar-refractivity contribution in [3.63, 3.8) is 0 Å². The topological polar surface area (TPSA) is 68.8 Å². The van der Waals surface area contributed by atoms with Crippen LogP contribution in [0.3, 0.4) is 0 Å². The van der Waals surface area contributed by atoms with Crippen molar-refractivity contribution in [2.45, 2.75) is 52.0 Å². The Hall–Kier alpha value is -2.08. The van der Waals surface area contributed by atoms with E-state index in [0.29, 0.717) is 5.56 Å². The van der Waals surface area contributed by atoms with Crippen molar-refractivity contribution in [2.75, 3.05) is 39.8 Å². The number of carbonyl (C=O) groups excluding carboxylic acids is 1. The third-order valence-corrected chi connectivity index (χ3v) is 5.28. The minimum Gasteiger partial charge on any atom is -0.357 e. The quantitative estimate of drug-likeness (QED) is 0.346. The number of amides is 1. The van der Waals surface area contributed by atoms with Gasteiger partial charge in [0.1, 0.15) is 0 Å². The number of nitrogens with zero attached hydrogens (tertiary/aromatic N) is 2. The molecule has 0 bridgehead atoms. The van der Waals surface area contributed by atoms with E-state index in [1.807, 2.05) is 18.2 Å². The van der Waals surface area contributed by atoms with Crippen molar-refractivity contribution in [1.29, 1.82) is 0 Å². The normalized spacial score (nSPS) is 18.0. The molecule has 2 rings (SSSR count). The lowest BCUT2D eigenvalue weighted by Gasteiger charge is -2.33. The Bertz CT molecular complexity index is 631. The van der Waals surface area contributed by atoms with Crippen LogP contribution >= 0.6 is 0 Å². The molecule has 1 saturated heterocycles. The van der Waals surface area contributed by atoms with Crippen LogP contribution in [0.15, 0.2) is 29.3 Å². The fourth-order valence-electron chi connectivity index (χ4n) is 3.63. The fourth-order valence-corrected chi connectivity index (χ4v) is 3.63. The minimum atomic E-state index is -0.0484. The van der Waals surface area contributed by atoms with Gasteiger partial charge in [-0.25, -0.2) is 0 Å². The number of benzene rings is 1. The van der Waals surface area contributed by atoms with E-state index < -0.39 is 0 Å². The van der Waals surface area contributed by atoms with Crippen molar-refractivity contribution in [3.05, 3.63) is 35.4 Å². The van der Waals surface area contributed by atoms with Gasteiger partial charge in [-0.15, -0.1) is 0 Å². The van der Waals surface area contributed by atoms with Crippen molar-refractivity contribution in [3.8, 4) is 0 Å². The Balaban J connectivity index is 1.75. The average Bonchev–Trinajstić information content (AvgIpc) is 2.72. The molecule has 1 fully saturated rings.